The number of rotatable bonds is 8. The van der Waals surface area contributed by atoms with Crippen molar-refractivity contribution < 1.29 is 41.5 Å². The summed E-state index contributed by atoms with van der Waals surface area (Å²) in [6.45, 7) is 1.98. The molecule has 3 aromatic rings. The SMILES string of the molecule is Cc1ccc2oc3c(O[C@@H]4C[C@H]5C(=O)N[C@]6(C(=O)NS(=O)(=O)C7CC7)C[C@H]6/C=C\CCCCC[C@H](NC(=O)OC6CCCC6)C(=O)N5C4)nc(C4CC4)nc3c2c1. The van der Waals surface area contributed by atoms with E-state index in [0.717, 1.165) is 62.3 Å². The summed E-state index contributed by atoms with van der Waals surface area (Å²) in [7, 11) is -3.90. The summed E-state index contributed by atoms with van der Waals surface area (Å²) in [5.74, 6) is -1.22. The molecular weight excluding hydrogens is 753 g/mol. The highest BCUT2D eigenvalue weighted by molar-refractivity contribution is 7.91. The van der Waals surface area contributed by atoms with Gasteiger partial charge in [0, 0.05) is 23.6 Å². The maximum atomic E-state index is 14.7. The van der Waals surface area contributed by atoms with Crippen LogP contribution in [0.4, 0.5) is 4.79 Å². The zero-order valence-electron chi connectivity index (χ0n) is 32.2. The van der Waals surface area contributed by atoms with Gasteiger partial charge in [-0.25, -0.2) is 18.2 Å². The minimum absolute atomic E-state index is 0.0189. The predicted octanol–water partition coefficient (Wildman–Crippen LogP) is 4.95. The molecule has 2 aliphatic heterocycles. The van der Waals surface area contributed by atoms with Gasteiger partial charge in [0.1, 0.15) is 46.8 Å². The van der Waals surface area contributed by atoms with Gasteiger partial charge < -0.3 is 29.4 Å². The number of nitrogens with zero attached hydrogens (tertiary/aromatic N) is 3. The van der Waals surface area contributed by atoms with Crippen molar-refractivity contribution in [3.05, 3.63) is 41.7 Å². The molecule has 6 aliphatic rings. The first-order valence-corrected chi connectivity index (χ1v) is 22.2. The zero-order valence-corrected chi connectivity index (χ0v) is 33.0. The molecule has 4 saturated carbocycles. The van der Waals surface area contributed by atoms with Crippen molar-refractivity contribution in [2.75, 3.05) is 6.54 Å². The molecule has 0 spiro atoms. The molecule has 15 nitrogen and oxygen atoms in total. The highest BCUT2D eigenvalue weighted by Gasteiger charge is 2.62. The van der Waals surface area contributed by atoms with Crippen LogP contribution in [0, 0.1) is 12.8 Å². The number of carbonyl (C=O) groups is 4. The van der Waals surface area contributed by atoms with Crippen LogP contribution in [0.15, 0.2) is 34.8 Å². The molecule has 4 aliphatic carbocycles. The zero-order chi connectivity index (χ0) is 39.5. The summed E-state index contributed by atoms with van der Waals surface area (Å²) < 4.78 is 46.6. The highest BCUT2D eigenvalue weighted by atomic mass is 32.2. The smallest absolute Gasteiger partial charge is 0.408 e. The van der Waals surface area contributed by atoms with Crippen molar-refractivity contribution in [2.45, 2.75) is 144 Å². The number of hydrogen-bond acceptors (Lipinski definition) is 11. The second-order valence-corrected chi connectivity index (χ2v) is 18.9. The van der Waals surface area contributed by atoms with Crippen LogP contribution in [-0.4, -0.2) is 88.7 Å². The lowest BCUT2D eigenvalue weighted by Gasteiger charge is -2.30. The van der Waals surface area contributed by atoms with Crippen LogP contribution in [0.5, 0.6) is 5.88 Å². The molecule has 4 amide bonds. The van der Waals surface area contributed by atoms with Crippen molar-refractivity contribution in [3.8, 4) is 5.88 Å². The third-order valence-electron chi connectivity index (χ3n) is 12.4. The Labute approximate surface area is 331 Å². The standard InChI is InChI=1S/C41H50N6O9S/c1-23-13-18-32-29(19-23)33-34(56-32)37(44-35(43-33)24-14-15-24)54-27-20-31-36(48)45-41(39(50)46-57(52,53)28-16-17-28)21-25(41)9-5-3-2-4-6-12-30(38(49)47(31)22-27)42-40(51)55-26-10-7-8-11-26/h5,9,13,18-19,24-28,30-31H,2-4,6-8,10-12,14-17,20-22H2,1H3,(H,42,51)(H,45,48)(H,46,50)/b9-5-/t25-,27-,30+,31+,41-/m1/s1. The van der Waals surface area contributed by atoms with Crippen molar-refractivity contribution >= 4 is 55.9 Å². The lowest BCUT2D eigenvalue weighted by Crippen LogP contribution is -2.58. The number of alkyl carbamates (subject to hydrolysis) is 1. The van der Waals surface area contributed by atoms with Crippen molar-refractivity contribution in [1.29, 1.82) is 0 Å². The van der Waals surface area contributed by atoms with Crippen LogP contribution < -0.4 is 20.1 Å². The Balaban J connectivity index is 1.03. The quantitative estimate of drug-likeness (QED) is 0.261. The fraction of sp³-hybridized carbons (Fsp3) is 0.610. The largest absolute Gasteiger partial charge is 0.470 e. The number of aromatic nitrogens is 2. The first kappa shape index (κ1) is 37.8. The number of allylic oxidation sites excluding steroid dienone is 1. The molecule has 9 rings (SSSR count). The van der Waals surface area contributed by atoms with Crippen molar-refractivity contribution in [2.24, 2.45) is 5.92 Å². The van der Waals surface area contributed by atoms with E-state index >= 15 is 0 Å². The van der Waals surface area contributed by atoms with E-state index < -0.39 is 68.7 Å². The minimum Gasteiger partial charge on any atom is -0.470 e. The molecule has 1 aromatic carbocycles. The lowest BCUT2D eigenvalue weighted by atomic mass is 10.0. The summed E-state index contributed by atoms with van der Waals surface area (Å²) in [5.41, 5.74) is 1.18. The molecule has 1 saturated heterocycles. The van der Waals surface area contributed by atoms with Gasteiger partial charge in [0.2, 0.25) is 27.4 Å². The van der Waals surface area contributed by atoms with Crippen LogP contribution in [0.25, 0.3) is 22.1 Å². The number of fused-ring (bicyclic) bond motifs is 5. The molecule has 3 N–H and O–H groups in total. The highest BCUT2D eigenvalue weighted by Crippen LogP contribution is 2.46. The summed E-state index contributed by atoms with van der Waals surface area (Å²) >= 11 is 0. The Morgan fingerprint density at radius 2 is 1.77 bits per heavy atom. The van der Waals surface area contributed by atoms with E-state index in [-0.39, 0.29) is 37.3 Å². The topological polar surface area (TPSA) is 199 Å². The molecule has 5 fully saturated rings. The number of nitrogens with one attached hydrogen (secondary N) is 3. The molecule has 4 heterocycles. The predicted molar refractivity (Wildman–Crippen MR) is 208 cm³/mol. The van der Waals surface area contributed by atoms with E-state index in [4.69, 9.17) is 23.9 Å². The monoisotopic (exact) mass is 802 g/mol. The average molecular weight is 803 g/mol. The second kappa shape index (κ2) is 14.9. The summed E-state index contributed by atoms with van der Waals surface area (Å²) in [4.78, 5) is 67.3. The number of amides is 4. The van der Waals surface area contributed by atoms with E-state index in [1.807, 2.05) is 37.3 Å². The number of sulfonamides is 1. The molecule has 5 atom stereocenters. The molecule has 0 bridgehead atoms. The number of carbonyl (C=O) groups excluding carboxylic acids is 4. The normalized spacial score (nSPS) is 29.2. The Morgan fingerprint density at radius 3 is 2.54 bits per heavy atom. The fourth-order valence-electron chi connectivity index (χ4n) is 8.69. The van der Waals surface area contributed by atoms with Gasteiger partial charge in [-0.1, -0.05) is 36.6 Å². The van der Waals surface area contributed by atoms with Crippen LogP contribution in [0.2, 0.25) is 0 Å². The van der Waals surface area contributed by atoms with Gasteiger partial charge in [-0.15, -0.1) is 0 Å². The lowest BCUT2D eigenvalue weighted by molar-refractivity contribution is -0.141. The van der Waals surface area contributed by atoms with Crippen LogP contribution in [0.3, 0.4) is 0 Å². The Morgan fingerprint density at radius 1 is 0.982 bits per heavy atom. The minimum atomic E-state index is -3.90. The number of benzene rings is 1. The third-order valence-corrected chi connectivity index (χ3v) is 14.2. The summed E-state index contributed by atoms with van der Waals surface area (Å²) in [6, 6.07) is 3.76. The summed E-state index contributed by atoms with van der Waals surface area (Å²) in [5, 5.41) is 5.95. The second-order valence-electron chi connectivity index (χ2n) is 16.9. The van der Waals surface area contributed by atoms with Gasteiger partial charge in [-0.05, 0) is 96.1 Å². The van der Waals surface area contributed by atoms with Gasteiger partial charge in [0.15, 0.2) is 0 Å². The number of aryl methyl sites for hydroxylation is 1. The summed E-state index contributed by atoms with van der Waals surface area (Å²) in [6.07, 6.45) is 12.1. The number of ether oxygens (including phenoxy) is 2. The molecule has 0 radical (unpaired) electrons. The van der Waals surface area contributed by atoms with E-state index in [0.29, 0.717) is 54.6 Å². The van der Waals surface area contributed by atoms with Gasteiger partial charge in [-0.2, -0.15) is 4.98 Å². The Hall–Kier alpha value is -4.73. The number of hydrogen-bond donors (Lipinski definition) is 3. The van der Waals surface area contributed by atoms with Crippen molar-refractivity contribution in [3.63, 3.8) is 0 Å². The first-order chi connectivity index (χ1) is 27.5. The van der Waals surface area contributed by atoms with E-state index in [1.54, 1.807) is 0 Å². The maximum absolute atomic E-state index is 14.7. The fourth-order valence-corrected chi connectivity index (χ4v) is 10.1. The Kier molecular flexibility index (Phi) is 9.88. The van der Waals surface area contributed by atoms with Gasteiger partial charge in [-0.3, -0.25) is 19.1 Å². The molecule has 2 aromatic heterocycles. The maximum Gasteiger partial charge on any atom is 0.408 e. The Bertz CT molecular complexity index is 2240. The van der Waals surface area contributed by atoms with Crippen LogP contribution in [0.1, 0.15) is 114 Å². The average Bonchev–Trinajstić information content (AvgIpc) is 4.14. The molecule has 304 valence electrons. The van der Waals surface area contributed by atoms with E-state index in [9.17, 15) is 27.6 Å². The van der Waals surface area contributed by atoms with Crippen LogP contribution >= 0.6 is 0 Å². The van der Waals surface area contributed by atoms with E-state index in [2.05, 4.69) is 15.4 Å². The van der Waals surface area contributed by atoms with E-state index in [1.165, 1.54) is 4.90 Å². The van der Waals surface area contributed by atoms with Gasteiger partial charge in [0.05, 0.1) is 11.8 Å². The van der Waals surface area contributed by atoms with Gasteiger partial charge in [0.25, 0.3) is 11.8 Å². The first-order valence-electron chi connectivity index (χ1n) is 20.7. The molecule has 57 heavy (non-hydrogen) atoms. The van der Waals surface area contributed by atoms with Gasteiger partial charge >= 0.3 is 6.09 Å². The molecular formula is C41H50N6O9S. The van der Waals surface area contributed by atoms with Crippen LogP contribution in [-0.2, 0) is 29.1 Å². The molecule has 16 heteroatoms. The molecule has 0 unspecified atom stereocenters. The number of furan rings is 1. The third kappa shape index (κ3) is 7.81. The van der Waals surface area contributed by atoms with Crippen molar-refractivity contribution in [1.82, 2.24) is 30.2 Å².